The Kier molecular flexibility index (Phi) is 8.26. The SMILES string of the molecule is CC(C)(C)c1ccc(N2c3ccc(C(C)(C)C)cc3B3c4cc(C(C)(C)C)ccc4N(c4ccc(C(C)(C)C)cc4)c4cc(C56CCC(CC5)C6)cc2c43)cc1. The Morgan fingerprint density at radius 2 is 0.839 bits per heavy atom. The van der Waals surface area contributed by atoms with Crippen LogP contribution < -0.4 is 26.2 Å². The Labute approximate surface area is 338 Å². The average molecular weight is 739 g/mol. The Hall–Kier alpha value is -4.24. The fourth-order valence-corrected chi connectivity index (χ4v) is 10.6. The number of hydrogen-bond acceptors (Lipinski definition) is 2. The van der Waals surface area contributed by atoms with Crippen LogP contribution >= 0.6 is 0 Å². The van der Waals surface area contributed by atoms with E-state index in [1.54, 1.807) is 5.56 Å². The smallest absolute Gasteiger partial charge is 0.252 e. The Morgan fingerprint density at radius 3 is 1.18 bits per heavy atom. The van der Waals surface area contributed by atoms with Crippen molar-refractivity contribution in [1.82, 2.24) is 0 Å². The second kappa shape index (κ2) is 12.4. The molecule has 0 radical (unpaired) electrons. The van der Waals surface area contributed by atoms with Crippen LogP contribution in [0.25, 0.3) is 0 Å². The van der Waals surface area contributed by atoms with Crippen molar-refractivity contribution < 1.29 is 0 Å². The van der Waals surface area contributed by atoms with Crippen LogP contribution in [0.5, 0.6) is 0 Å². The first-order valence-corrected chi connectivity index (χ1v) is 21.5. The van der Waals surface area contributed by atoms with Gasteiger partial charge in [-0.2, -0.15) is 0 Å². The van der Waals surface area contributed by atoms with Gasteiger partial charge in [0.25, 0.3) is 6.71 Å². The quantitative estimate of drug-likeness (QED) is 0.167. The second-order valence-corrected chi connectivity index (χ2v) is 22.1. The molecule has 0 spiro atoms. The molecule has 2 fully saturated rings. The fourth-order valence-electron chi connectivity index (χ4n) is 10.6. The van der Waals surface area contributed by atoms with E-state index in [1.165, 1.54) is 105 Å². The third kappa shape index (κ3) is 5.97. The first-order valence-electron chi connectivity index (χ1n) is 21.5. The average Bonchev–Trinajstić information content (AvgIpc) is 3.76. The predicted molar refractivity (Wildman–Crippen MR) is 244 cm³/mol. The number of fused-ring (bicyclic) bond motifs is 6. The summed E-state index contributed by atoms with van der Waals surface area (Å²) in [5.41, 5.74) is 19.6. The van der Waals surface area contributed by atoms with Crippen LogP contribution in [0.1, 0.15) is 143 Å². The zero-order chi connectivity index (χ0) is 39.7. The first-order chi connectivity index (χ1) is 26.2. The van der Waals surface area contributed by atoms with Gasteiger partial charge in [-0.1, -0.05) is 132 Å². The van der Waals surface area contributed by atoms with Gasteiger partial charge in [0.1, 0.15) is 0 Å². The molecule has 0 N–H and O–H groups in total. The molecule has 5 aromatic carbocycles. The van der Waals surface area contributed by atoms with Crippen LogP contribution in [0, 0.1) is 5.92 Å². The molecule has 2 heterocycles. The van der Waals surface area contributed by atoms with Crippen molar-refractivity contribution in [2.75, 3.05) is 9.80 Å². The molecule has 0 atom stereocenters. The van der Waals surface area contributed by atoms with Crippen molar-refractivity contribution in [2.24, 2.45) is 5.92 Å². The summed E-state index contributed by atoms with van der Waals surface area (Å²) < 4.78 is 0. The van der Waals surface area contributed by atoms with Crippen molar-refractivity contribution >= 4 is 57.2 Å². The third-order valence-corrected chi connectivity index (χ3v) is 14.1. The fraction of sp³-hybridized carbons (Fsp3) is 0.434. The number of benzene rings is 5. The summed E-state index contributed by atoms with van der Waals surface area (Å²) in [5, 5.41) is 0. The van der Waals surface area contributed by atoms with E-state index >= 15 is 0 Å². The maximum Gasteiger partial charge on any atom is 0.252 e. The molecule has 0 saturated heterocycles. The van der Waals surface area contributed by atoms with Gasteiger partial charge in [0.15, 0.2) is 0 Å². The van der Waals surface area contributed by atoms with Gasteiger partial charge in [-0.15, -0.1) is 0 Å². The van der Waals surface area contributed by atoms with Crippen LogP contribution in [0.2, 0.25) is 0 Å². The summed E-state index contributed by atoms with van der Waals surface area (Å²) in [4.78, 5) is 5.29. The Morgan fingerprint density at radius 1 is 0.464 bits per heavy atom. The topological polar surface area (TPSA) is 6.48 Å². The van der Waals surface area contributed by atoms with Crippen LogP contribution in [-0.2, 0) is 27.1 Å². The van der Waals surface area contributed by atoms with E-state index in [4.69, 9.17) is 0 Å². The third-order valence-electron chi connectivity index (χ3n) is 14.1. The molecule has 288 valence electrons. The highest BCUT2D eigenvalue weighted by molar-refractivity contribution is 7.00. The van der Waals surface area contributed by atoms with Crippen LogP contribution in [-0.4, -0.2) is 6.71 Å². The minimum Gasteiger partial charge on any atom is -0.311 e. The lowest BCUT2D eigenvalue weighted by Gasteiger charge is -2.46. The minimum absolute atomic E-state index is 0.0212. The van der Waals surface area contributed by atoms with Gasteiger partial charge in [0, 0.05) is 34.1 Å². The van der Waals surface area contributed by atoms with Gasteiger partial charge in [-0.3, -0.25) is 0 Å². The first kappa shape index (κ1) is 37.3. The molecule has 2 saturated carbocycles. The molecule has 4 aliphatic rings. The molecule has 5 aromatic rings. The van der Waals surface area contributed by atoms with E-state index in [2.05, 4.69) is 190 Å². The van der Waals surface area contributed by atoms with E-state index in [0.29, 0.717) is 0 Å². The van der Waals surface area contributed by atoms with Crippen LogP contribution in [0.3, 0.4) is 0 Å². The highest BCUT2D eigenvalue weighted by Crippen LogP contribution is 2.57. The second-order valence-electron chi connectivity index (χ2n) is 22.1. The van der Waals surface area contributed by atoms with E-state index in [-0.39, 0.29) is 33.8 Å². The monoisotopic (exact) mass is 739 g/mol. The van der Waals surface area contributed by atoms with Crippen molar-refractivity contribution in [3.63, 3.8) is 0 Å². The summed E-state index contributed by atoms with van der Waals surface area (Å²) in [5.74, 6) is 0.866. The lowest BCUT2D eigenvalue weighted by atomic mass is 9.33. The molecule has 2 bridgehead atoms. The van der Waals surface area contributed by atoms with Crippen LogP contribution in [0.4, 0.5) is 34.1 Å². The number of anilines is 6. The molecule has 2 aliphatic heterocycles. The molecule has 0 unspecified atom stereocenters. The zero-order valence-electron chi connectivity index (χ0n) is 36.3. The summed E-state index contributed by atoms with van der Waals surface area (Å²) >= 11 is 0. The van der Waals surface area contributed by atoms with Gasteiger partial charge in [0.05, 0.1) is 0 Å². The molecular weight excluding hydrogens is 675 g/mol. The molecule has 0 aromatic heterocycles. The van der Waals surface area contributed by atoms with E-state index in [1.807, 2.05) is 0 Å². The molecule has 2 aliphatic carbocycles. The summed E-state index contributed by atoms with van der Waals surface area (Å²) in [6.45, 7) is 28.2. The number of nitrogens with zero attached hydrogens (tertiary/aromatic N) is 2. The Balaban J connectivity index is 1.39. The van der Waals surface area contributed by atoms with E-state index < -0.39 is 0 Å². The van der Waals surface area contributed by atoms with E-state index in [9.17, 15) is 0 Å². The normalized spacial score (nSPS) is 20.3. The molecule has 3 heteroatoms. The highest BCUT2D eigenvalue weighted by Gasteiger charge is 2.49. The number of hydrogen-bond donors (Lipinski definition) is 0. The van der Waals surface area contributed by atoms with E-state index in [0.717, 1.165) is 5.92 Å². The van der Waals surface area contributed by atoms with Crippen molar-refractivity contribution in [2.45, 2.75) is 142 Å². The summed E-state index contributed by atoms with van der Waals surface area (Å²) in [7, 11) is 0. The van der Waals surface area contributed by atoms with Crippen molar-refractivity contribution in [1.29, 1.82) is 0 Å². The summed E-state index contributed by atoms with van der Waals surface area (Å²) in [6.07, 6.45) is 6.66. The molecule has 2 nitrogen and oxygen atoms in total. The number of rotatable bonds is 3. The molecular formula is C53H63BN2. The zero-order valence-corrected chi connectivity index (χ0v) is 36.3. The molecule has 9 rings (SSSR count). The summed E-state index contributed by atoms with van der Waals surface area (Å²) in [6, 6.07) is 39.2. The van der Waals surface area contributed by atoms with Crippen LogP contribution in [0.15, 0.2) is 97.1 Å². The van der Waals surface area contributed by atoms with Crippen molar-refractivity contribution in [3.05, 3.63) is 125 Å². The predicted octanol–water partition coefficient (Wildman–Crippen LogP) is 12.8. The highest BCUT2D eigenvalue weighted by atomic mass is 15.2. The molecule has 56 heavy (non-hydrogen) atoms. The lowest BCUT2D eigenvalue weighted by Crippen LogP contribution is -2.61. The largest absolute Gasteiger partial charge is 0.311 e. The van der Waals surface area contributed by atoms with Gasteiger partial charge < -0.3 is 9.80 Å². The standard InChI is InChI=1S/C53H63BN2/c1-49(2,3)35-13-19-40(20-14-35)55-44-23-17-37(51(7,8)9)29-42(44)54-43-30-38(52(10,11)12)18-24-45(43)56(41-21-15-36(16-22-41)50(4,5)6)47-32-39(31-46(55)48(47)54)53-27-25-34(33-53)26-28-53/h13-24,29-32,34H,25-28,33H2,1-12H3. The molecule has 0 amide bonds. The van der Waals surface area contributed by atoms with Gasteiger partial charge in [-0.25, -0.2) is 0 Å². The maximum atomic E-state index is 2.66. The minimum atomic E-state index is 0.0212. The van der Waals surface area contributed by atoms with Gasteiger partial charge >= 0.3 is 0 Å². The Bertz CT molecular complexity index is 2180. The van der Waals surface area contributed by atoms with Crippen molar-refractivity contribution in [3.8, 4) is 0 Å². The van der Waals surface area contributed by atoms with Gasteiger partial charge in [0.2, 0.25) is 0 Å². The van der Waals surface area contributed by atoms with Gasteiger partial charge in [-0.05, 0) is 158 Å². The lowest BCUT2D eigenvalue weighted by molar-refractivity contribution is 0.419. The maximum absolute atomic E-state index is 2.66.